The number of oxime groups is 1. The molecule has 0 radical (unpaired) electrons. The first-order valence-corrected chi connectivity index (χ1v) is 6.08. The minimum atomic E-state index is -0.449. The third-order valence-corrected chi connectivity index (χ3v) is 3.14. The summed E-state index contributed by atoms with van der Waals surface area (Å²) in [6.07, 6.45) is 0.729. The minimum Gasteiger partial charge on any atom is -0.409 e. The van der Waals surface area contributed by atoms with Crippen LogP contribution < -0.4 is 16.4 Å². The van der Waals surface area contributed by atoms with Crippen LogP contribution in [0.2, 0.25) is 0 Å². The SMILES string of the molecule is CNC(=O)C(C)(C)CNCCC(C)(C)C(N)=NO. The van der Waals surface area contributed by atoms with Crippen LogP contribution in [-0.4, -0.2) is 37.1 Å². The van der Waals surface area contributed by atoms with Gasteiger partial charge in [-0.15, -0.1) is 0 Å². The molecule has 0 aromatic rings. The average Bonchev–Trinajstić information content (AvgIpc) is 2.32. The maximum absolute atomic E-state index is 11.6. The fraction of sp³-hybridized carbons (Fsp3) is 0.833. The second-order valence-electron chi connectivity index (χ2n) is 5.76. The summed E-state index contributed by atoms with van der Waals surface area (Å²) in [6, 6.07) is 0. The van der Waals surface area contributed by atoms with Crippen LogP contribution in [0.1, 0.15) is 34.1 Å². The van der Waals surface area contributed by atoms with E-state index in [-0.39, 0.29) is 17.2 Å². The quantitative estimate of drug-likeness (QED) is 0.176. The Morgan fingerprint density at radius 3 is 2.28 bits per heavy atom. The first kappa shape index (κ1) is 16.7. The molecule has 106 valence electrons. The van der Waals surface area contributed by atoms with E-state index in [1.54, 1.807) is 7.05 Å². The maximum Gasteiger partial charge on any atom is 0.226 e. The molecule has 18 heavy (non-hydrogen) atoms. The summed E-state index contributed by atoms with van der Waals surface area (Å²) in [6.45, 7) is 8.87. The topological polar surface area (TPSA) is 99.7 Å². The number of rotatable bonds is 7. The Kier molecular flexibility index (Phi) is 6.11. The van der Waals surface area contributed by atoms with Crippen LogP contribution in [0, 0.1) is 10.8 Å². The van der Waals surface area contributed by atoms with E-state index in [4.69, 9.17) is 10.9 Å². The maximum atomic E-state index is 11.6. The van der Waals surface area contributed by atoms with E-state index in [2.05, 4.69) is 15.8 Å². The molecule has 6 nitrogen and oxygen atoms in total. The van der Waals surface area contributed by atoms with Gasteiger partial charge in [-0.25, -0.2) is 0 Å². The van der Waals surface area contributed by atoms with Gasteiger partial charge in [-0.3, -0.25) is 4.79 Å². The number of nitrogens with zero attached hydrogens (tertiary/aromatic N) is 1. The molecule has 0 unspecified atom stereocenters. The van der Waals surface area contributed by atoms with Crippen LogP contribution in [0.3, 0.4) is 0 Å². The van der Waals surface area contributed by atoms with Crippen molar-refractivity contribution in [3.63, 3.8) is 0 Å². The van der Waals surface area contributed by atoms with Gasteiger partial charge in [0.1, 0.15) is 5.84 Å². The second kappa shape index (κ2) is 6.58. The first-order valence-electron chi connectivity index (χ1n) is 6.08. The molecule has 0 aliphatic rings. The molecule has 0 fully saturated rings. The fourth-order valence-electron chi connectivity index (χ4n) is 1.48. The van der Waals surface area contributed by atoms with Crippen LogP contribution in [0.4, 0.5) is 0 Å². The summed E-state index contributed by atoms with van der Waals surface area (Å²) in [5.41, 5.74) is 4.79. The van der Waals surface area contributed by atoms with Gasteiger partial charge in [-0.2, -0.15) is 0 Å². The molecular weight excluding hydrogens is 232 g/mol. The normalized spacial score (nSPS) is 13.5. The van der Waals surface area contributed by atoms with Gasteiger partial charge in [0.15, 0.2) is 0 Å². The van der Waals surface area contributed by atoms with Crippen molar-refractivity contribution in [3.05, 3.63) is 0 Å². The van der Waals surface area contributed by atoms with Crippen molar-refractivity contribution in [1.29, 1.82) is 0 Å². The number of hydrogen-bond acceptors (Lipinski definition) is 4. The van der Waals surface area contributed by atoms with Gasteiger partial charge in [0.05, 0.1) is 5.41 Å². The molecule has 0 aromatic carbocycles. The summed E-state index contributed by atoms with van der Waals surface area (Å²) >= 11 is 0. The van der Waals surface area contributed by atoms with Crippen LogP contribution in [0.5, 0.6) is 0 Å². The Morgan fingerprint density at radius 2 is 1.83 bits per heavy atom. The van der Waals surface area contributed by atoms with Crippen molar-refractivity contribution in [2.75, 3.05) is 20.1 Å². The lowest BCUT2D eigenvalue weighted by Crippen LogP contribution is -2.43. The Balaban J connectivity index is 4.12. The minimum absolute atomic E-state index is 0.00527. The zero-order valence-corrected chi connectivity index (χ0v) is 12.0. The van der Waals surface area contributed by atoms with Crippen molar-refractivity contribution >= 4 is 11.7 Å². The van der Waals surface area contributed by atoms with Crippen molar-refractivity contribution in [2.24, 2.45) is 21.7 Å². The Morgan fingerprint density at radius 1 is 1.28 bits per heavy atom. The largest absolute Gasteiger partial charge is 0.409 e. The van der Waals surface area contributed by atoms with E-state index in [0.29, 0.717) is 13.1 Å². The highest BCUT2D eigenvalue weighted by molar-refractivity contribution is 5.85. The van der Waals surface area contributed by atoms with Crippen molar-refractivity contribution in [3.8, 4) is 0 Å². The highest BCUT2D eigenvalue weighted by atomic mass is 16.4. The van der Waals surface area contributed by atoms with Crippen molar-refractivity contribution < 1.29 is 10.0 Å². The van der Waals surface area contributed by atoms with E-state index in [9.17, 15) is 4.79 Å². The van der Waals surface area contributed by atoms with Gasteiger partial charge in [0, 0.05) is 19.0 Å². The smallest absolute Gasteiger partial charge is 0.226 e. The van der Waals surface area contributed by atoms with E-state index < -0.39 is 5.41 Å². The Bertz CT molecular complexity index is 311. The first-order chi connectivity index (χ1) is 8.17. The number of amides is 1. The lowest BCUT2D eigenvalue weighted by Gasteiger charge is -2.26. The fourth-order valence-corrected chi connectivity index (χ4v) is 1.48. The summed E-state index contributed by atoms with van der Waals surface area (Å²) < 4.78 is 0. The van der Waals surface area contributed by atoms with E-state index in [1.807, 2.05) is 27.7 Å². The summed E-state index contributed by atoms with van der Waals surface area (Å²) in [4.78, 5) is 11.6. The number of nitrogens with one attached hydrogen (secondary N) is 2. The molecule has 0 aromatic heterocycles. The molecule has 0 bridgehead atoms. The molecule has 5 N–H and O–H groups in total. The molecule has 0 aliphatic carbocycles. The third kappa shape index (κ3) is 4.91. The van der Waals surface area contributed by atoms with Crippen LogP contribution in [0.25, 0.3) is 0 Å². The molecule has 0 saturated heterocycles. The molecule has 1 amide bonds. The number of hydrogen-bond donors (Lipinski definition) is 4. The van der Waals surface area contributed by atoms with E-state index in [1.165, 1.54) is 0 Å². The lowest BCUT2D eigenvalue weighted by atomic mass is 9.87. The molecule has 6 heteroatoms. The summed E-state index contributed by atoms with van der Waals surface area (Å²) in [5, 5.41) is 17.5. The second-order valence-corrected chi connectivity index (χ2v) is 5.76. The van der Waals surface area contributed by atoms with E-state index in [0.717, 1.165) is 6.42 Å². The van der Waals surface area contributed by atoms with E-state index >= 15 is 0 Å². The molecule has 0 rings (SSSR count). The zero-order valence-electron chi connectivity index (χ0n) is 12.0. The van der Waals surface area contributed by atoms with Crippen molar-refractivity contribution in [2.45, 2.75) is 34.1 Å². The zero-order chi connectivity index (χ0) is 14.4. The van der Waals surface area contributed by atoms with Crippen LogP contribution in [-0.2, 0) is 4.79 Å². The monoisotopic (exact) mass is 258 g/mol. The highest BCUT2D eigenvalue weighted by Crippen LogP contribution is 2.20. The summed E-state index contributed by atoms with van der Waals surface area (Å²) in [5.74, 6) is 0.223. The highest BCUT2D eigenvalue weighted by Gasteiger charge is 2.27. The predicted octanol–water partition coefficient (Wildman–Crippen LogP) is 0.511. The average molecular weight is 258 g/mol. The Hall–Kier alpha value is -1.30. The van der Waals surface area contributed by atoms with Gasteiger partial charge in [-0.05, 0) is 26.8 Å². The predicted molar refractivity (Wildman–Crippen MR) is 72.5 cm³/mol. The van der Waals surface area contributed by atoms with Crippen LogP contribution in [0.15, 0.2) is 5.16 Å². The van der Waals surface area contributed by atoms with Crippen LogP contribution >= 0.6 is 0 Å². The molecule has 0 heterocycles. The number of carbonyl (C=O) groups is 1. The summed E-state index contributed by atoms with van der Waals surface area (Å²) in [7, 11) is 1.63. The number of amidine groups is 1. The standard InChI is InChI=1S/C12H26N4O2/c1-11(2,9(13)16-18)6-7-15-8-12(3,4)10(17)14-5/h15,18H,6-8H2,1-5H3,(H2,13,16)(H,14,17). The molecule has 0 atom stereocenters. The van der Waals surface area contributed by atoms with Gasteiger partial charge < -0.3 is 21.6 Å². The Labute approximate surface area is 109 Å². The molecule has 0 saturated carbocycles. The molecule has 0 spiro atoms. The molecule has 0 aliphatic heterocycles. The van der Waals surface area contributed by atoms with Gasteiger partial charge in [0.2, 0.25) is 5.91 Å². The number of nitrogens with two attached hydrogens (primary N) is 1. The molecular formula is C12H26N4O2. The van der Waals surface area contributed by atoms with Gasteiger partial charge >= 0.3 is 0 Å². The van der Waals surface area contributed by atoms with Gasteiger partial charge in [-0.1, -0.05) is 19.0 Å². The lowest BCUT2D eigenvalue weighted by molar-refractivity contribution is -0.128. The van der Waals surface area contributed by atoms with Gasteiger partial charge in [0.25, 0.3) is 0 Å². The number of carbonyl (C=O) groups excluding carboxylic acids is 1. The third-order valence-electron chi connectivity index (χ3n) is 3.14. The van der Waals surface area contributed by atoms with Crippen molar-refractivity contribution in [1.82, 2.24) is 10.6 Å².